The molecule has 1 saturated heterocycles. The number of allylic oxidation sites excluding steroid dienone is 2. The normalized spacial score (nSPS) is 15.7. The van der Waals surface area contributed by atoms with Gasteiger partial charge in [0, 0.05) is 5.69 Å². The van der Waals surface area contributed by atoms with Gasteiger partial charge in [-0.15, -0.1) is 0 Å². The van der Waals surface area contributed by atoms with E-state index in [0.29, 0.717) is 5.69 Å². The molecule has 1 aliphatic rings. The molecule has 0 unspecified atom stereocenters. The molecule has 0 aromatic heterocycles. The standard InChI is InChI=1S/C20H15FN2O3S/c21-15-9-11-16(12-10-15)22-18(24)13-23-19(25)17(27-20(23)26)8-4-7-14-5-2-1-3-6-14/h1-12H,13H2,(H,22,24)/b7-4+,17-8+. The fourth-order valence-electron chi connectivity index (χ4n) is 2.34. The molecule has 0 saturated carbocycles. The summed E-state index contributed by atoms with van der Waals surface area (Å²) in [6.07, 6.45) is 5.05. The van der Waals surface area contributed by atoms with Gasteiger partial charge in [0.2, 0.25) is 5.91 Å². The minimum atomic E-state index is -0.537. The third-order valence-electron chi connectivity index (χ3n) is 3.64. The molecule has 0 radical (unpaired) electrons. The molecule has 0 atom stereocenters. The molecule has 7 heteroatoms. The van der Waals surface area contributed by atoms with Crippen molar-refractivity contribution in [2.45, 2.75) is 0 Å². The quantitative estimate of drug-likeness (QED) is 0.792. The van der Waals surface area contributed by atoms with Gasteiger partial charge in [-0.05, 0) is 47.7 Å². The van der Waals surface area contributed by atoms with E-state index < -0.39 is 29.4 Å². The molecular weight excluding hydrogens is 367 g/mol. The van der Waals surface area contributed by atoms with Gasteiger partial charge in [0.05, 0.1) is 4.91 Å². The third kappa shape index (κ3) is 4.92. The number of nitrogens with one attached hydrogen (secondary N) is 1. The maximum Gasteiger partial charge on any atom is 0.294 e. The number of thioether (sulfide) groups is 1. The van der Waals surface area contributed by atoms with Crippen LogP contribution in [0.4, 0.5) is 14.9 Å². The zero-order chi connectivity index (χ0) is 19.2. The Morgan fingerprint density at radius 2 is 1.78 bits per heavy atom. The Bertz CT molecular complexity index is 924. The molecule has 1 fully saturated rings. The van der Waals surface area contributed by atoms with E-state index in [-0.39, 0.29) is 4.91 Å². The lowest BCUT2D eigenvalue weighted by Gasteiger charge is -2.12. The number of amides is 3. The lowest BCUT2D eigenvalue weighted by atomic mass is 10.2. The number of benzene rings is 2. The summed E-state index contributed by atoms with van der Waals surface area (Å²) in [5, 5.41) is 2.02. The van der Waals surface area contributed by atoms with Crippen molar-refractivity contribution in [3.05, 3.63) is 83.0 Å². The number of nitrogens with zero attached hydrogens (tertiary/aromatic N) is 1. The molecular formula is C20H15FN2O3S. The Balaban J connectivity index is 1.61. The maximum atomic E-state index is 12.9. The van der Waals surface area contributed by atoms with Crippen LogP contribution >= 0.6 is 11.8 Å². The first kappa shape index (κ1) is 18.6. The van der Waals surface area contributed by atoms with Crippen molar-refractivity contribution < 1.29 is 18.8 Å². The predicted octanol–water partition coefficient (Wildman–Crippen LogP) is 4.06. The fourth-order valence-corrected chi connectivity index (χ4v) is 3.13. The van der Waals surface area contributed by atoms with Gasteiger partial charge < -0.3 is 5.32 Å². The van der Waals surface area contributed by atoms with Crippen molar-refractivity contribution in [1.29, 1.82) is 0 Å². The summed E-state index contributed by atoms with van der Waals surface area (Å²) < 4.78 is 12.9. The molecule has 1 aliphatic heterocycles. The van der Waals surface area contributed by atoms with Crippen LogP contribution < -0.4 is 5.32 Å². The molecule has 3 rings (SSSR count). The van der Waals surface area contributed by atoms with E-state index in [1.165, 1.54) is 24.3 Å². The number of anilines is 1. The highest BCUT2D eigenvalue weighted by atomic mass is 32.2. The van der Waals surface area contributed by atoms with Gasteiger partial charge in [0.1, 0.15) is 12.4 Å². The van der Waals surface area contributed by atoms with Gasteiger partial charge in [0.25, 0.3) is 11.1 Å². The summed E-state index contributed by atoms with van der Waals surface area (Å²) in [5.74, 6) is -1.48. The van der Waals surface area contributed by atoms with Gasteiger partial charge in [-0.25, -0.2) is 4.39 Å². The number of halogens is 1. The summed E-state index contributed by atoms with van der Waals surface area (Å²) in [5.41, 5.74) is 1.35. The van der Waals surface area contributed by atoms with Crippen LogP contribution in [0.3, 0.4) is 0 Å². The Labute approximate surface area is 159 Å². The second kappa shape index (κ2) is 8.46. The zero-order valence-electron chi connectivity index (χ0n) is 14.1. The summed E-state index contributed by atoms with van der Waals surface area (Å²) in [6.45, 7) is -0.401. The smallest absolute Gasteiger partial charge is 0.294 e. The summed E-state index contributed by atoms with van der Waals surface area (Å²) >= 11 is 0.785. The summed E-state index contributed by atoms with van der Waals surface area (Å²) in [4.78, 5) is 37.6. The van der Waals surface area contributed by atoms with Crippen LogP contribution in [0.1, 0.15) is 5.56 Å². The molecule has 0 aliphatic carbocycles. The van der Waals surface area contributed by atoms with Crippen molar-refractivity contribution >= 4 is 40.6 Å². The number of hydrogen-bond donors (Lipinski definition) is 1. The summed E-state index contributed by atoms with van der Waals surface area (Å²) in [7, 11) is 0. The van der Waals surface area contributed by atoms with E-state index in [1.807, 2.05) is 36.4 Å². The average Bonchev–Trinajstić information content (AvgIpc) is 2.92. The van der Waals surface area contributed by atoms with Crippen LogP contribution in [-0.2, 0) is 9.59 Å². The van der Waals surface area contributed by atoms with Crippen molar-refractivity contribution in [2.24, 2.45) is 0 Å². The second-order valence-electron chi connectivity index (χ2n) is 5.62. The molecule has 1 heterocycles. The molecule has 2 aromatic rings. The Morgan fingerprint density at radius 3 is 2.48 bits per heavy atom. The minimum Gasteiger partial charge on any atom is -0.325 e. The van der Waals surface area contributed by atoms with Crippen LogP contribution in [0.15, 0.2) is 71.7 Å². The minimum absolute atomic E-state index is 0.252. The Morgan fingerprint density at radius 1 is 1.07 bits per heavy atom. The van der Waals surface area contributed by atoms with E-state index in [9.17, 15) is 18.8 Å². The van der Waals surface area contributed by atoms with Gasteiger partial charge in [-0.1, -0.05) is 42.5 Å². The largest absolute Gasteiger partial charge is 0.325 e. The van der Waals surface area contributed by atoms with Crippen LogP contribution in [0.2, 0.25) is 0 Å². The van der Waals surface area contributed by atoms with E-state index in [4.69, 9.17) is 0 Å². The highest BCUT2D eigenvalue weighted by molar-refractivity contribution is 8.18. The molecule has 2 aromatic carbocycles. The fraction of sp³-hybridized carbons (Fsp3) is 0.0500. The van der Waals surface area contributed by atoms with Crippen LogP contribution in [0, 0.1) is 5.82 Å². The van der Waals surface area contributed by atoms with E-state index in [2.05, 4.69) is 5.32 Å². The molecule has 0 spiro atoms. The van der Waals surface area contributed by atoms with Crippen LogP contribution in [0.25, 0.3) is 6.08 Å². The molecule has 136 valence electrons. The maximum absolute atomic E-state index is 12.9. The molecule has 1 N–H and O–H groups in total. The first-order valence-electron chi connectivity index (χ1n) is 8.05. The topological polar surface area (TPSA) is 66.5 Å². The first-order valence-corrected chi connectivity index (χ1v) is 8.87. The van der Waals surface area contributed by atoms with E-state index in [1.54, 1.807) is 12.2 Å². The predicted molar refractivity (Wildman–Crippen MR) is 103 cm³/mol. The molecule has 5 nitrogen and oxygen atoms in total. The van der Waals surface area contributed by atoms with Crippen molar-refractivity contribution in [3.63, 3.8) is 0 Å². The average molecular weight is 382 g/mol. The Kier molecular flexibility index (Phi) is 5.83. The van der Waals surface area contributed by atoms with Gasteiger partial charge >= 0.3 is 0 Å². The van der Waals surface area contributed by atoms with Crippen molar-refractivity contribution in [1.82, 2.24) is 4.90 Å². The third-order valence-corrected chi connectivity index (χ3v) is 4.56. The number of hydrogen-bond acceptors (Lipinski definition) is 4. The van der Waals surface area contributed by atoms with E-state index in [0.717, 1.165) is 22.2 Å². The van der Waals surface area contributed by atoms with Crippen LogP contribution in [0.5, 0.6) is 0 Å². The van der Waals surface area contributed by atoms with Gasteiger partial charge in [-0.3, -0.25) is 19.3 Å². The van der Waals surface area contributed by atoms with Crippen molar-refractivity contribution in [2.75, 3.05) is 11.9 Å². The van der Waals surface area contributed by atoms with Crippen molar-refractivity contribution in [3.8, 4) is 0 Å². The number of rotatable bonds is 5. The first-order chi connectivity index (χ1) is 13.0. The van der Waals surface area contributed by atoms with Gasteiger partial charge in [-0.2, -0.15) is 0 Å². The zero-order valence-corrected chi connectivity index (χ0v) is 14.9. The number of carbonyl (C=O) groups is 3. The highest BCUT2D eigenvalue weighted by Gasteiger charge is 2.35. The summed E-state index contributed by atoms with van der Waals surface area (Å²) in [6, 6.07) is 14.7. The second-order valence-corrected chi connectivity index (χ2v) is 6.61. The lowest BCUT2D eigenvalue weighted by molar-refractivity contribution is -0.127. The Hall–Kier alpha value is -3.19. The molecule has 27 heavy (non-hydrogen) atoms. The lowest BCUT2D eigenvalue weighted by Crippen LogP contribution is -2.36. The van der Waals surface area contributed by atoms with E-state index >= 15 is 0 Å². The number of carbonyl (C=O) groups excluding carboxylic acids is 3. The number of imide groups is 1. The monoisotopic (exact) mass is 382 g/mol. The highest BCUT2D eigenvalue weighted by Crippen LogP contribution is 2.30. The molecule has 3 amide bonds. The van der Waals surface area contributed by atoms with Crippen LogP contribution in [-0.4, -0.2) is 28.5 Å². The molecule has 0 bridgehead atoms. The van der Waals surface area contributed by atoms with Gasteiger partial charge in [0.15, 0.2) is 0 Å². The SMILES string of the molecule is O=C(CN1C(=O)S/C(=C/C=C/c2ccccc2)C1=O)Nc1ccc(F)cc1.